The number of sulfonamides is 1. The van der Waals surface area contributed by atoms with E-state index in [-0.39, 0.29) is 10.8 Å². The summed E-state index contributed by atoms with van der Waals surface area (Å²) in [5.41, 5.74) is 0. The van der Waals surface area contributed by atoms with Crippen LogP contribution in [0.4, 0.5) is 5.95 Å². The number of hydrogen-bond donors (Lipinski definition) is 2. The topological polar surface area (TPSA) is 115 Å². The predicted molar refractivity (Wildman–Crippen MR) is 76.0 cm³/mol. The van der Waals surface area contributed by atoms with Crippen molar-refractivity contribution >= 4 is 16.0 Å². The van der Waals surface area contributed by atoms with Gasteiger partial charge in [0, 0.05) is 18.8 Å². The third-order valence-electron chi connectivity index (χ3n) is 2.52. The maximum atomic E-state index is 12.1. The fraction of sp³-hybridized carbons (Fsp3) is 0.455. The molecule has 2 aromatic heterocycles. The molecule has 0 amide bonds. The summed E-state index contributed by atoms with van der Waals surface area (Å²) in [4.78, 5) is 3.82. The Morgan fingerprint density at radius 3 is 2.81 bits per heavy atom. The van der Waals surface area contributed by atoms with Gasteiger partial charge in [-0.2, -0.15) is 10.2 Å². The van der Waals surface area contributed by atoms with Crippen LogP contribution < -0.4 is 10.0 Å². The second kappa shape index (κ2) is 6.59. The van der Waals surface area contributed by atoms with Crippen molar-refractivity contribution in [2.45, 2.75) is 31.3 Å². The number of nitrogens with one attached hydrogen (secondary N) is 2. The molecule has 0 fully saturated rings. The monoisotopic (exact) mass is 311 g/mol. The molecule has 0 spiro atoms. The average Bonchev–Trinajstić information content (AvgIpc) is 2.88. The van der Waals surface area contributed by atoms with Crippen LogP contribution in [0.25, 0.3) is 0 Å². The van der Waals surface area contributed by atoms with E-state index in [0.717, 1.165) is 0 Å². The lowest BCUT2D eigenvalue weighted by atomic mass is 10.4. The van der Waals surface area contributed by atoms with Crippen molar-refractivity contribution in [1.29, 1.82) is 0 Å². The third-order valence-corrected chi connectivity index (χ3v) is 3.80. The molecule has 2 heterocycles. The average molecular weight is 311 g/mol. The van der Waals surface area contributed by atoms with Crippen LogP contribution in [0.1, 0.15) is 13.8 Å². The van der Waals surface area contributed by atoms with Gasteiger partial charge in [0.05, 0.1) is 25.1 Å². The minimum absolute atomic E-state index is 0.0551. The first-order valence-electron chi connectivity index (χ1n) is 6.40. The Balaban J connectivity index is 2.02. The summed E-state index contributed by atoms with van der Waals surface area (Å²) in [5, 5.41) is 14.4. The van der Waals surface area contributed by atoms with Crippen LogP contribution in [-0.4, -0.2) is 46.0 Å². The van der Waals surface area contributed by atoms with Crippen LogP contribution in [0.2, 0.25) is 0 Å². The van der Waals surface area contributed by atoms with E-state index in [4.69, 9.17) is 0 Å². The van der Waals surface area contributed by atoms with Crippen LogP contribution >= 0.6 is 0 Å². The summed E-state index contributed by atoms with van der Waals surface area (Å²) in [6.45, 7) is 5.36. The van der Waals surface area contributed by atoms with E-state index in [1.807, 2.05) is 13.8 Å². The van der Waals surface area contributed by atoms with Crippen molar-refractivity contribution in [3.63, 3.8) is 0 Å². The minimum atomic E-state index is -3.75. The molecule has 2 N–H and O–H groups in total. The summed E-state index contributed by atoms with van der Waals surface area (Å²) in [6.07, 6.45) is 5.46. The fourth-order valence-electron chi connectivity index (χ4n) is 1.55. The van der Waals surface area contributed by atoms with E-state index < -0.39 is 10.0 Å². The molecule has 0 aromatic carbocycles. The van der Waals surface area contributed by atoms with Gasteiger partial charge in [-0.1, -0.05) is 13.8 Å². The molecule has 9 nitrogen and oxygen atoms in total. The van der Waals surface area contributed by atoms with E-state index in [1.165, 1.54) is 24.8 Å². The summed E-state index contributed by atoms with van der Waals surface area (Å²) in [5.74, 6) is -0.0771. The lowest BCUT2D eigenvalue weighted by Crippen LogP contribution is -2.26. The molecule has 0 saturated heterocycles. The molecule has 0 aliphatic heterocycles. The smallest absolute Gasteiger partial charge is 0.267 e. The van der Waals surface area contributed by atoms with Gasteiger partial charge in [-0.15, -0.1) is 5.10 Å². The molecule has 114 valence electrons. The molecule has 0 atom stereocenters. The van der Waals surface area contributed by atoms with Gasteiger partial charge >= 0.3 is 0 Å². The molecule has 21 heavy (non-hydrogen) atoms. The predicted octanol–water partition coefficient (Wildman–Crippen LogP) is -0.133. The second-order valence-electron chi connectivity index (χ2n) is 4.62. The number of anilines is 1. The van der Waals surface area contributed by atoms with Crippen LogP contribution in [0.15, 0.2) is 29.7 Å². The molecule has 0 saturated carbocycles. The molecule has 0 unspecified atom stereocenters. The van der Waals surface area contributed by atoms with Crippen molar-refractivity contribution < 1.29 is 8.42 Å². The summed E-state index contributed by atoms with van der Waals surface area (Å²) < 4.78 is 28.0. The number of aromatic nitrogens is 5. The number of rotatable bonds is 7. The lowest BCUT2D eigenvalue weighted by molar-refractivity contribution is 0.515. The molecule has 2 aromatic rings. The SMILES string of the molecule is CC(C)NCCn1cc(S(=O)(=O)Nc2nccnn2)cn1. The van der Waals surface area contributed by atoms with Gasteiger partial charge in [0.25, 0.3) is 16.0 Å². The summed E-state index contributed by atoms with van der Waals surface area (Å²) in [6, 6.07) is 0.369. The number of hydrogen-bond acceptors (Lipinski definition) is 7. The highest BCUT2D eigenvalue weighted by Crippen LogP contribution is 2.10. The Labute approximate surface area is 122 Å². The van der Waals surface area contributed by atoms with Crippen molar-refractivity contribution in [1.82, 2.24) is 30.3 Å². The van der Waals surface area contributed by atoms with Crippen molar-refractivity contribution in [2.75, 3.05) is 11.3 Å². The van der Waals surface area contributed by atoms with E-state index in [2.05, 4.69) is 30.3 Å². The Kier molecular flexibility index (Phi) is 4.81. The molecule has 10 heteroatoms. The summed E-state index contributed by atoms with van der Waals surface area (Å²) in [7, 11) is -3.75. The highest BCUT2D eigenvalue weighted by Gasteiger charge is 2.18. The molecular weight excluding hydrogens is 294 g/mol. The van der Waals surface area contributed by atoms with Crippen LogP contribution in [0.5, 0.6) is 0 Å². The zero-order valence-electron chi connectivity index (χ0n) is 11.8. The Hall–Kier alpha value is -2.07. The Bertz CT molecular complexity index is 669. The van der Waals surface area contributed by atoms with Crippen LogP contribution in [-0.2, 0) is 16.6 Å². The van der Waals surface area contributed by atoms with E-state index in [9.17, 15) is 8.42 Å². The van der Waals surface area contributed by atoms with Crippen molar-refractivity contribution in [3.8, 4) is 0 Å². The normalized spacial score (nSPS) is 11.8. The van der Waals surface area contributed by atoms with Gasteiger partial charge in [-0.3, -0.25) is 4.68 Å². The Morgan fingerprint density at radius 2 is 2.14 bits per heavy atom. The standard InChI is InChI=1S/C11H17N7O2S/c1-9(2)12-5-6-18-8-10(7-15-18)21(19,20)17-11-13-3-4-14-16-11/h3-4,7-9,12H,5-6H2,1-2H3,(H,13,16,17). The van der Waals surface area contributed by atoms with Crippen LogP contribution in [0.3, 0.4) is 0 Å². The van der Waals surface area contributed by atoms with E-state index in [1.54, 1.807) is 4.68 Å². The number of nitrogens with zero attached hydrogens (tertiary/aromatic N) is 5. The lowest BCUT2D eigenvalue weighted by Gasteiger charge is -2.07. The molecule has 0 aliphatic carbocycles. The molecular formula is C11H17N7O2S. The Morgan fingerprint density at radius 1 is 1.33 bits per heavy atom. The largest absolute Gasteiger partial charge is 0.313 e. The quantitative estimate of drug-likeness (QED) is 0.731. The van der Waals surface area contributed by atoms with Crippen molar-refractivity contribution in [3.05, 3.63) is 24.8 Å². The first-order valence-corrected chi connectivity index (χ1v) is 7.88. The maximum Gasteiger partial charge on any atom is 0.267 e. The minimum Gasteiger partial charge on any atom is -0.313 e. The summed E-state index contributed by atoms with van der Waals surface area (Å²) >= 11 is 0. The van der Waals surface area contributed by atoms with Gasteiger partial charge < -0.3 is 5.32 Å². The second-order valence-corrected chi connectivity index (χ2v) is 6.30. The van der Waals surface area contributed by atoms with Gasteiger partial charge in [0.15, 0.2) is 0 Å². The third kappa shape index (κ3) is 4.46. The zero-order chi connectivity index (χ0) is 15.3. The molecule has 0 aliphatic rings. The molecule has 2 rings (SSSR count). The van der Waals surface area contributed by atoms with E-state index >= 15 is 0 Å². The zero-order valence-corrected chi connectivity index (χ0v) is 12.6. The highest BCUT2D eigenvalue weighted by molar-refractivity contribution is 7.92. The van der Waals surface area contributed by atoms with Gasteiger partial charge in [0.1, 0.15) is 4.90 Å². The van der Waals surface area contributed by atoms with Crippen LogP contribution in [0, 0.1) is 0 Å². The molecule has 0 radical (unpaired) electrons. The fourth-order valence-corrected chi connectivity index (χ4v) is 2.44. The van der Waals surface area contributed by atoms with Gasteiger partial charge in [0.2, 0.25) is 0 Å². The highest BCUT2D eigenvalue weighted by atomic mass is 32.2. The first kappa shape index (κ1) is 15.3. The first-order chi connectivity index (χ1) is 9.97. The van der Waals surface area contributed by atoms with Gasteiger partial charge in [-0.25, -0.2) is 18.1 Å². The van der Waals surface area contributed by atoms with Gasteiger partial charge in [-0.05, 0) is 0 Å². The van der Waals surface area contributed by atoms with Crippen molar-refractivity contribution in [2.24, 2.45) is 0 Å². The molecule has 0 bridgehead atoms. The van der Waals surface area contributed by atoms with E-state index in [0.29, 0.717) is 19.1 Å². The maximum absolute atomic E-state index is 12.1.